The third-order valence-electron chi connectivity index (χ3n) is 4.55. The van der Waals surface area contributed by atoms with E-state index < -0.39 is 35.4 Å². The van der Waals surface area contributed by atoms with Gasteiger partial charge in [0.2, 0.25) is 0 Å². The maximum absolute atomic E-state index is 12.1. The van der Waals surface area contributed by atoms with Gasteiger partial charge >= 0.3 is 30.0 Å². The molecule has 0 aromatic carbocycles. The molecule has 202 valence electrons. The van der Waals surface area contributed by atoms with Crippen LogP contribution in [0, 0.1) is 11.8 Å². The largest absolute Gasteiger partial charge is 0.466 e. The molecule has 1 heterocycles. The van der Waals surface area contributed by atoms with Crippen LogP contribution in [0.4, 0.5) is 4.79 Å². The predicted octanol–water partition coefficient (Wildman–Crippen LogP) is 2.88. The van der Waals surface area contributed by atoms with Crippen LogP contribution in [0.5, 0.6) is 0 Å². The SMILES string of the molecule is CCOC(=O)C(CC1CCN(C(=O)OC(C)(C)C)C1)C(=O)OCC.CCOC(=O)CC(=O)OCC. The molecule has 1 atom stereocenters. The minimum absolute atomic E-state index is 0.0383. The van der Waals surface area contributed by atoms with Crippen molar-refractivity contribution in [1.29, 1.82) is 0 Å². The van der Waals surface area contributed by atoms with E-state index in [1.807, 2.05) is 20.8 Å². The summed E-state index contributed by atoms with van der Waals surface area (Å²) in [6.07, 6.45) is 0.376. The van der Waals surface area contributed by atoms with Crippen molar-refractivity contribution in [1.82, 2.24) is 4.90 Å². The van der Waals surface area contributed by atoms with Crippen molar-refractivity contribution in [2.24, 2.45) is 11.8 Å². The first-order valence-corrected chi connectivity index (χ1v) is 12.0. The number of hydrogen-bond donors (Lipinski definition) is 0. The van der Waals surface area contributed by atoms with Gasteiger partial charge in [0.1, 0.15) is 12.0 Å². The van der Waals surface area contributed by atoms with Crippen LogP contribution < -0.4 is 0 Å². The molecule has 1 saturated heterocycles. The van der Waals surface area contributed by atoms with Gasteiger partial charge < -0.3 is 28.6 Å². The van der Waals surface area contributed by atoms with Gasteiger partial charge in [-0.25, -0.2) is 4.79 Å². The molecule has 0 spiro atoms. The summed E-state index contributed by atoms with van der Waals surface area (Å²) in [5, 5.41) is 0. The fourth-order valence-electron chi connectivity index (χ4n) is 3.17. The molecule has 0 aliphatic carbocycles. The van der Waals surface area contributed by atoms with Gasteiger partial charge in [-0.15, -0.1) is 0 Å². The quantitative estimate of drug-likeness (QED) is 0.249. The molecule has 0 saturated carbocycles. The standard InChI is InChI=1S/C17H29NO6.C7H12O4/c1-6-22-14(19)13(15(20)23-7-2)10-12-8-9-18(11-12)16(21)24-17(3,4)5;1-3-10-6(8)5-7(9)11-4-2/h12-13H,6-11H2,1-5H3;3-5H2,1-2H3. The maximum Gasteiger partial charge on any atom is 0.410 e. The lowest BCUT2D eigenvalue weighted by molar-refractivity contribution is -0.162. The first-order valence-electron chi connectivity index (χ1n) is 12.0. The summed E-state index contributed by atoms with van der Waals surface area (Å²) in [5.41, 5.74) is -0.548. The number of ether oxygens (including phenoxy) is 5. The Morgan fingerprint density at radius 3 is 1.66 bits per heavy atom. The molecule has 1 aliphatic heterocycles. The second-order valence-corrected chi connectivity index (χ2v) is 8.66. The summed E-state index contributed by atoms with van der Waals surface area (Å²) in [6.45, 7) is 14.2. The Bertz CT molecular complexity index is 667. The zero-order chi connectivity index (χ0) is 27.0. The smallest absolute Gasteiger partial charge is 0.410 e. The summed E-state index contributed by atoms with van der Waals surface area (Å²) in [4.78, 5) is 59.0. The van der Waals surface area contributed by atoms with Crippen LogP contribution >= 0.6 is 0 Å². The Kier molecular flexibility index (Phi) is 15.4. The van der Waals surface area contributed by atoms with Gasteiger partial charge in [-0.1, -0.05) is 0 Å². The number of hydrogen-bond acceptors (Lipinski definition) is 10. The van der Waals surface area contributed by atoms with Crippen molar-refractivity contribution in [3.8, 4) is 0 Å². The van der Waals surface area contributed by atoms with Gasteiger partial charge in [-0.3, -0.25) is 19.2 Å². The highest BCUT2D eigenvalue weighted by Gasteiger charge is 2.36. The Hall–Kier alpha value is -2.85. The van der Waals surface area contributed by atoms with Crippen LogP contribution in [0.15, 0.2) is 0 Å². The summed E-state index contributed by atoms with van der Waals surface area (Å²) >= 11 is 0. The Morgan fingerprint density at radius 2 is 1.26 bits per heavy atom. The topological polar surface area (TPSA) is 135 Å². The molecule has 0 N–H and O–H groups in total. The Morgan fingerprint density at radius 1 is 0.800 bits per heavy atom. The van der Waals surface area contributed by atoms with Crippen molar-refractivity contribution in [2.75, 3.05) is 39.5 Å². The predicted molar refractivity (Wildman–Crippen MR) is 125 cm³/mol. The number of rotatable bonds is 10. The highest BCUT2D eigenvalue weighted by atomic mass is 16.6. The van der Waals surface area contributed by atoms with Crippen molar-refractivity contribution < 1.29 is 47.7 Å². The van der Waals surface area contributed by atoms with Crippen LogP contribution in [-0.4, -0.2) is 80.0 Å². The number of nitrogens with zero attached hydrogens (tertiary/aromatic N) is 1. The van der Waals surface area contributed by atoms with Crippen LogP contribution in [0.25, 0.3) is 0 Å². The molecule has 1 fully saturated rings. The second kappa shape index (κ2) is 16.7. The fraction of sp³-hybridized carbons (Fsp3) is 0.792. The normalized spacial score (nSPS) is 15.0. The van der Waals surface area contributed by atoms with E-state index in [2.05, 4.69) is 9.47 Å². The Labute approximate surface area is 207 Å². The van der Waals surface area contributed by atoms with Crippen molar-refractivity contribution in [3.63, 3.8) is 0 Å². The maximum atomic E-state index is 12.1. The zero-order valence-corrected chi connectivity index (χ0v) is 22.0. The van der Waals surface area contributed by atoms with E-state index in [4.69, 9.17) is 14.2 Å². The lowest BCUT2D eigenvalue weighted by atomic mass is 9.94. The van der Waals surface area contributed by atoms with Gasteiger partial charge in [-0.2, -0.15) is 0 Å². The number of likely N-dealkylation sites (tertiary alicyclic amines) is 1. The third kappa shape index (κ3) is 14.2. The Balaban J connectivity index is 0.000000883. The van der Waals surface area contributed by atoms with Crippen LogP contribution in [-0.2, 0) is 42.9 Å². The molecule has 0 aromatic rings. The van der Waals surface area contributed by atoms with E-state index >= 15 is 0 Å². The minimum Gasteiger partial charge on any atom is -0.466 e. The molecular weight excluding hydrogens is 462 g/mol. The van der Waals surface area contributed by atoms with E-state index in [1.54, 1.807) is 32.6 Å². The van der Waals surface area contributed by atoms with E-state index in [0.717, 1.165) is 0 Å². The molecule has 1 amide bonds. The number of amides is 1. The van der Waals surface area contributed by atoms with E-state index in [1.165, 1.54) is 0 Å². The number of esters is 4. The molecule has 11 heteroatoms. The first kappa shape index (κ1) is 32.1. The molecule has 11 nitrogen and oxygen atoms in total. The summed E-state index contributed by atoms with van der Waals surface area (Å²) in [5.74, 6) is -3.10. The van der Waals surface area contributed by atoms with Crippen LogP contribution in [0.3, 0.4) is 0 Å². The summed E-state index contributed by atoms with van der Waals surface area (Å²) in [7, 11) is 0. The van der Waals surface area contributed by atoms with Gasteiger partial charge in [0.25, 0.3) is 0 Å². The van der Waals surface area contributed by atoms with Gasteiger partial charge in [-0.05, 0) is 67.2 Å². The summed E-state index contributed by atoms with van der Waals surface area (Å²) < 4.78 is 24.3. The monoisotopic (exact) mass is 503 g/mol. The van der Waals surface area contributed by atoms with Crippen LogP contribution in [0.1, 0.15) is 67.7 Å². The molecule has 1 rings (SSSR count). The minimum atomic E-state index is -0.937. The van der Waals surface area contributed by atoms with Crippen molar-refractivity contribution >= 4 is 30.0 Å². The van der Waals surface area contributed by atoms with E-state index in [0.29, 0.717) is 25.9 Å². The second-order valence-electron chi connectivity index (χ2n) is 8.66. The molecule has 0 aromatic heterocycles. The van der Waals surface area contributed by atoms with Crippen LogP contribution in [0.2, 0.25) is 0 Å². The lowest BCUT2D eigenvalue weighted by Crippen LogP contribution is -2.36. The average Bonchev–Trinajstić information content (AvgIpc) is 3.21. The molecule has 0 bridgehead atoms. The zero-order valence-electron chi connectivity index (χ0n) is 22.0. The first-order chi connectivity index (χ1) is 16.4. The molecule has 1 unspecified atom stereocenters. The number of carbonyl (C=O) groups is 5. The molecule has 1 aliphatic rings. The van der Waals surface area contributed by atoms with Crippen molar-refractivity contribution in [3.05, 3.63) is 0 Å². The average molecular weight is 504 g/mol. The molecule has 0 radical (unpaired) electrons. The van der Waals surface area contributed by atoms with Gasteiger partial charge in [0.15, 0.2) is 5.92 Å². The van der Waals surface area contributed by atoms with E-state index in [-0.39, 0.29) is 44.9 Å². The summed E-state index contributed by atoms with van der Waals surface area (Å²) in [6, 6.07) is 0. The van der Waals surface area contributed by atoms with Gasteiger partial charge in [0, 0.05) is 13.1 Å². The lowest BCUT2D eigenvalue weighted by Gasteiger charge is -2.24. The highest BCUT2D eigenvalue weighted by Crippen LogP contribution is 2.26. The highest BCUT2D eigenvalue weighted by molar-refractivity contribution is 5.95. The van der Waals surface area contributed by atoms with Crippen molar-refractivity contribution in [2.45, 2.75) is 73.3 Å². The third-order valence-corrected chi connectivity index (χ3v) is 4.55. The molecule has 35 heavy (non-hydrogen) atoms. The van der Waals surface area contributed by atoms with Gasteiger partial charge in [0.05, 0.1) is 26.4 Å². The number of carbonyl (C=O) groups excluding carboxylic acids is 5. The van der Waals surface area contributed by atoms with E-state index in [9.17, 15) is 24.0 Å². The fourth-order valence-corrected chi connectivity index (χ4v) is 3.17. The molecular formula is C24H41NO10.